The zero-order valence-electron chi connectivity index (χ0n) is 12.3. The molecule has 1 heterocycles. The molecule has 3 aromatic rings. The number of halogens is 2. The number of aldehydes is 1. The van der Waals surface area contributed by atoms with E-state index in [2.05, 4.69) is 10.4 Å². The maximum atomic E-state index is 10.8. The zero-order valence-corrected chi connectivity index (χ0v) is 13.8. The number of hydrogen-bond acceptors (Lipinski definition) is 3. The van der Waals surface area contributed by atoms with Crippen molar-refractivity contribution in [2.24, 2.45) is 0 Å². The minimum Gasteiger partial charge on any atom is -0.373 e. The van der Waals surface area contributed by atoms with Gasteiger partial charge in [-0.3, -0.25) is 4.79 Å². The Bertz CT molecular complexity index is 857. The van der Waals surface area contributed by atoms with Crippen LogP contribution in [0.25, 0.3) is 16.9 Å². The average Bonchev–Trinajstić information content (AvgIpc) is 2.99. The van der Waals surface area contributed by atoms with Crippen molar-refractivity contribution in [2.45, 2.75) is 0 Å². The van der Waals surface area contributed by atoms with Gasteiger partial charge in [-0.2, -0.15) is 5.10 Å². The third-order valence-electron chi connectivity index (χ3n) is 3.44. The normalized spacial score (nSPS) is 10.6. The molecule has 0 atom stereocenters. The van der Waals surface area contributed by atoms with Gasteiger partial charge in [-0.25, -0.2) is 4.68 Å². The van der Waals surface area contributed by atoms with Crippen molar-refractivity contribution < 1.29 is 4.79 Å². The standard InChI is InChI=1S/C17H13Cl2N3O/c1-20-17-9-15(12-3-5-13(18)6-4-12)21-22(17)16-7-2-11(10-23)8-14(16)19/h2-10,20H,1H3. The monoisotopic (exact) mass is 345 g/mol. The van der Waals surface area contributed by atoms with Crippen LogP contribution in [-0.4, -0.2) is 23.1 Å². The number of nitrogens with one attached hydrogen (secondary N) is 1. The van der Waals surface area contributed by atoms with Crippen molar-refractivity contribution in [1.82, 2.24) is 9.78 Å². The molecule has 23 heavy (non-hydrogen) atoms. The van der Waals surface area contributed by atoms with Gasteiger partial charge in [0.1, 0.15) is 12.1 Å². The molecule has 6 heteroatoms. The molecule has 0 aliphatic rings. The van der Waals surface area contributed by atoms with Crippen LogP contribution in [-0.2, 0) is 0 Å². The van der Waals surface area contributed by atoms with E-state index in [9.17, 15) is 4.79 Å². The Labute approximate surface area is 143 Å². The molecule has 0 spiro atoms. The lowest BCUT2D eigenvalue weighted by atomic mass is 10.1. The highest BCUT2D eigenvalue weighted by Crippen LogP contribution is 2.29. The van der Waals surface area contributed by atoms with Crippen molar-refractivity contribution in [3.05, 3.63) is 64.1 Å². The summed E-state index contributed by atoms with van der Waals surface area (Å²) in [5.74, 6) is 0.788. The molecule has 0 fully saturated rings. The second kappa shape index (κ2) is 6.44. The maximum Gasteiger partial charge on any atom is 0.150 e. The molecule has 116 valence electrons. The molecule has 0 saturated heterocycles. The summed E-state index contributed by atoms with van der Waals surface area (Å²) in [5, 5.41) is 8.83. The lowest BCUT2D eigenvalue weighted by Gasteiger charge is -2.08. The Hall–Kier alpha value is -2.30. The average molecular weight is 346 g/mol. The molecule has 3 rings (SSSR count). The highest BCUT2D eigenvalue weighted by Gasteiger charge is 2.13. The highest BCUT2D eigenvalue weighted by atomic mass is 35.5. The van der Waals surface area contributed by atoms with E-state index in [1.54, 1.807) is 22.9 Å². The van der Waals surface area contributed by atoms with Crippen LogP contribution in [0.5, 0.6) is 0 Å². The van der Waals surface area contributed by atoms with E-state index in [0.29, 0.717) is 21.3 Å². The quantitative estimate of drug-likeness (QED) is 0.697. The van der Waals surface area contributed by atoms with Crippen molar-refractivity contribution >= 4 is 35.3 Å². The molecule has 4 nitrogen and oxygen atoms in total. The molecule has 1 aromatic heterocycles. The summed E-state index contributed by atoms with van der Waals surface area (Å²) in [6.07, 6.45) is 0.761. The van der Waals surface area contributed by atoms with E-state index in [1.807, 2.05) is 37.4 Å². The highest BCUT2D eigenvalue weighted by molar-refractivity contribution is 6.32. The molecule has 0 radical (unpaired) electrons. The summed E-state index contributed by atoms with van der Waals surface area (Å²) in [7, 11) is 1.81. The summed E-state index contributed by atoms with van der Waals surface area (Å²) in [4.78, 5) is 10.8. The first-order valence-electron chi connectivity index (χ1n) is 6.91. The molecule has 0 unspecified atom stereocenters. The SMILES string of the molecule is CNc1cc(-c2ccc(Cl)cc2)nn1-c1ccc(C=O)cc1Cl. The van der Waals surface area contributed by atoms with E-state index >= 15 is 0 Å². The number of rotatable bonds is 4. The number of carbonyl (C=O) groups is 1. The van der Waals surface area contributed by atoms with Crippen molar-refractivity contribution in [3.8, 4) is 16.9 Å². The fourth-order valence-electron chi connectivity index (χ4n) is 2.27. The summed E-state index contributed by atoms with van der Waals surface area (Å²) in [6.45, 7) is 0. The molecule has 2 aromatic carbocycles. The van der Waals surface area contributed by atoms with Gasteiger partial charge in [0.15, 0.2) is 0 Å². The van der Waals surface area contributed by atoms with Gasteiger partial charge < -0.3 is 5.32 Å². The van der Waals surface area contributed by atoms with Crippen LogP contribution < -0.4 is 5.32 Å². The van der Waals surface area contributed by atoms with Gasteiger partial charge in [-0.1, -0.05) is 35.3 Å². The predicted octanol–water partition coefficient (Wildman–Crippen LogP) is 4.70. The summed E-state index contributed by atoms with van der Waals surface area (Å²) >= 11 is 12.2. The van der Waals surface area contributed by atoms with E-state index < -0.39 is 0 Å². The van der Waals surface area contributed by atoms with Gasteiger partial charge >= 0.3 is 0 Å². The van der Waals surface area contributed by atoms with Crippen LogP contribution in [0.1, 0.15) is 10.4 Å². The Morgan fingerprint density at radius 1 is 1.09 bits per heavy atom. The molecule has 0 saturated carbocycles. The molecule has 0 amide bonds. The fraction of sp³-hybridized carbons (Fsp3) is 0.0588. The van der Waals surface area contributed by atoms with Gasteiger partial charge in [-0.05, 0) is 30.3 Å². The van der Waals surface area contributed by atoms with Crippen molar-refractivity contribution in [1.29, 1.82) is 0 Å². The minimum absolute atomic E-state index is 0.455. The van der Waals surface area contributed by atoms with Crippen LogP contribution in [0.15, 0.2) is 48.5 Å². The number of carbonyl (C=O) groups excluding carboxylic acids is 1. The Kier molecular flexibility index (Phi) is 4.37. The van der Waals surface area contributed by atoms with Crippen LogP contribution in [0.4, 0.5) is 5.82 Å². The van der Waals surface area contributed by atoms with E-state index in [-0.39, 0.29) is 0 Å². The van der Waals surface area contributed by atoms with E-state index in [1.165, 1.54) is 0 Å². The Balaban J connectivity index is 2.09. The minimum atomic E-state index is 0.455. The Morgan fingerprint density at radius 2 is 1.83 bits per heavy atom. The fourth-order valence-corrected chi connectivity index (χ4v) is 2.67. The zero-order chi connectivity index (χ0) is 16.4. The second-order valence-corrected chi connectivity index (χ2v) is 5.76. The van der Waals surface area contributed by atoms with Crippen molar-refractivity contribution in [2.75, 3.05) is 12.4 Å². The second-order valence-electron chi connectivity index (χ2n) is 4.91. The third kappa shape index (κ3) is 3.09. The van der Waals surface area contributed by atoms with Gasteiger partial charge in [-0.15, -0.1) is 0 Å². The van der Waals surface area contributed by atoms with Crippen LogP contribution in [0, 0.1) is 0 Å². The molecule has 0 aliphatic carbocycles. The summed E-state index contributed by atoms with van der Waals surface area (Å²) in [6, 6.07) is 14.5. The first kappa shape index (κ1) is 15.6. The molecular formula is C17H13Cl2N3O. The van der Waals surface area contributed by atoms with Crippen LogP contribution >= 0.6 is 23.2 Å². The Morgan fingerprint density at radius 3 is 2.43 bits per heavy atom. The largest absolute Gasteiger partial charge is 0.373 e. The van der Waals surface area contributed by atoms with Gasteiger partial charge in [0.25, 0.3) is 0 Å². The molecule has 0 aliphatic heterocycles. The number of nitrogens with zero attached hydrogens (tertiary/aromatic N) is 2. The summed E-state index contributed by atoms with van der Waals surface area (Å²) < 4.78 is 1.71. The maximum absolute atomic E-state index is 10.8. The van der Waals surface area contributed by atoms with Crippen LogP contribution in [0.2, 0.25) is 10.0 Å². The predicted molar refractivity (Wildman–Crippen MR) is 94.0 cm³/mol. The van der Waals surface area contributed by atoms with Gasteiger partial charge in [0, 0.05) is 29.3 Å². The van der Waals surface area contributed by atoms with E-state index in [4.69, 9.17) is 23.2 Å². The number of anilines is 1. The lowest BCUT2D eigenvalue weighted by Crippen LogP contribution is -2.03. The molecular weight excluding hydrogens is 333 g/mol. The van der Waals surface area contributed by atoms with Gasteiger partial charge in [0.05, 0.1) is 16.4 Å². The van der Waals surface area contributed by atoms with E-state index in [0.717, 1.165) is 23.4 Å². The first-order valence-corrected chi connectivity index (χ1v) is 7.67. The molecule has 0 bridgehead atoms. The number of benzene rings is 2. The molecule has 1 N–H and O–H groups in total. The number of aromatic nitrogens is 2. The van der Waals surface area contributed by atoms with Crippen molar-refractivity contribution in [3.63, 3.8) is 0 Å². The summed E-state index contributed by atoms with van der Waals surface area (Å²) in [5.41, 5.74) is 2.96. The van der Waals surface area contributed by atoms with Crippen LogP contribution in [0.3, 0.4) is 0 Å². The number of hydrogen-bond donors (Lipinski definition) is 1. The lowest BCUT2D eigenvalue weighted by molar-refractivity contribution is 0.112. The smallest absolute Gasteiger partial charge is 0.150 e. The third-order valence-corrected chi connectivity index (χ3v) is 4.00. The topological polar surface area (TPSA) is 46.9 Å². The van der Waals surface area contributed by atoms with Gasteiger partial charge in [0.2, 0.25) is 0 Å². The first-order chi connectivity index (χ1) is 11.1.